The summed E-state index contributed by atoms with van der Waals surface area (Å²) in [6.07, 6.45) is 2.74. The Bertz CT molecular complexity index is 1210. The molecule has 0 aliphatic carbocycles. The molecule has 0 spiro atoms. The van der Waals surface area contributed by atoms with Crippen LogP contribution in [0.2, 0.25) is 10.0 Å². The fraction of sp³-hybridized carbons (Fsp3) is 0.355. The maximum Gasteiger partial charge on any atom is 0.253 e. The number of hydrogen-bond acceptors (Lipinski definition) is 3. The highest BCUT2D eigenvalue weighted by Gasteiger charge is 2.28. The summed E-state index contributed by atoms with van der Waals surface area (Å²) in [5.41, 5.74) is 2.72. The van der Waals surface area contributed by atoms with E-state index in [2.05, 4.69) is 4.90 Å². The van der Waals surface area contributed by atoms with E-state index in [1.165, 1.54) is 0 Å². The van der Waals surface area contributed by atoms with Crippen LogP contribution in [-0.4, -0.2) is 60.9 Å². The summed E-state index contributed by atoms with van der Waals surface area (Å²) >= 11 is 12.6. The van der Waals surface area contributed by atoms with Gasteiger partial charge in [0.1, 0.15) is 0 Å². The molecule has 1 saturated heterocycles. The highest BCUT2D eigenvalue weighted by Crippen LogP contribution is 2.30. The van der Waals surface area contributed by atoms with Crippen LogP contribution in [0.3, 0.4) is 0 Å². The molecule has 4 rings (SSSR count). The average molecular weight is 553 g/mol. The van der Waals surface area contributed by atoms with E-state index < -0.39 is 0 Å². The van der Waals surface area contributed by atoms with Gasteiger partial charge in [-0.2, -0.15) is 0 Å². The second-order valence-electron chi connectivity index (χ2n) is 10.0. The smallest absolute Gasteiger partial charge is 0.253 e. The van der Waals surface area contributed by atoms with Crippen LogP contribution in [0, 0.1) is 0 Å². The van der Waals surface area contributed by atoms with E-state index in [4.69, 9.17) is 23.2 Å². The average Bonchev–Trinajstić information content (AvgIpc) is 2.93. The maximum absolute atomic E-state index is 13.0. The first-order chi connectivity index (χ1) is 18.3. The van der Waals surface area contributed by atoms with Gasteiger partial charge < -0.3 is 14.7 Å². The lowest BCUT2D eigenvalue weighted by atomic mass is 9.93. The SMILES string of the molecule is CC(=O)N(c1ccccc1)C1CCN(CCC(CN(C)C(=O)c2ccccc2)c2ccc(Cl)c(Cl)c2)CC1. The number of piperidine rings is 1. The maximum atomic E-state index is 13.0. The first kappa shape index (κ1) is 28.2. The molecule has 0 saturated carbocycles. The Balaban J connectivity index is 1.40. The molecular formula is C31H35Cl2N3O2. The molecule has 1 aliphatic rings. The summed E-state index contributed by atoms with van der Waals surface area (Å²) in [5, 5.41) is 1.05. The lowest BCUT2D eigenvalue weighted by Gasteiger charge is -2.38. The third kappa shape index (κ3) is 7.16. The highest BCUT2D eigenvalue weighted by molar-refractivity contribution is 6.42. The molecule has 1 fully saturated rings. The van der Waals surface area contributed by atoms with Gasteiger partial charge in [-0.1, -0.05) is 65.7 Å². The fourth-order valence-electron chi connectivity index (χ4n) is 5.32. The highest BCUT2D eigenvalue weighted by atomic mass is 35.5. The van der Waals surface area contributed by atoms with Gasteiger partial charge >= 0.3 is 0 Å². The second kappa shape index (κ2) is 13.3. The van der Waals surface area contributed by atoms with Crippen molar-refractivity contribution in [3.05, 3.63) is 100 Å². The molecule has 1 heterocycles. The Labute approximate surface area is 235 Å². The van der Waals surface area contributed by atoms with Crippen molar-refractivity contribution in [3.63, 3.8) is 0 Å². The van der Waals surface area contributed by atoms with E-state index in [1.807, 2.05) is 90.8 Å². The summed E-state index contributed by atoms with van der Waals surface area (Å²) < 4.78 is 0. The molecular weight excluding hydrogens is 517 g/mol. The zero-order valence-electron chi connectivity index (χ0n) is 22.0. The van der Waals surface area contributed by atoms with Crippen molar-refractivity contribution >= 4 is 40.7 Å². The number of likely N-dealkylation sites (tertiary alicyclic amines) is 1. The van der Waals surface area contributed by atoms with Crippen LogP contribution in [0.15, 0.2) is 78.9 Å². The molecule has 3 aromatic carbocycles. The normalized spacial score (nSPS) is 15.2. The Kier molecular flexibility index (Phi) is 9.84. The van der Waals surface area contributed by atoms with Crippen molar-refractivity contribution < 1.29 is 9.59 Å². The molecule has 1 aliphatic heterocycles. The molecule has 200 valence electrons. The van der Waals surface area contributed by atoms with Crippen LogP contribution in [0.25, 0.3) is 0 Å². The van der Waals surface area contributed by atoms with Crippen molar-refractivity contribution in [1.29, 1.82) is 0 Å². The number of halogens is 2. The number of rotatable bonds is 9. The van der Waals surface area contributed by atoms with Crippen molar-refractivity contribution in [3.8, 4) is 0 Å². The Morgan fingerprint density at radius 3 is 2.16 bits per heavy atom. The van der Waals surface area contributed by atoms with Gasteiger partial charge in [0.15, 0.2) is 0 Å². The topological polar surface area (TPSA) is 43.9 Å². The van der Waals surface area contributed by atoms with Gasteiger partial charge in [0.2, 0.25) is 5.91 Å². The van der Waals surface area contributed by atoms with Crippen LogP contribution in [0.5, 0.6) is 0 Å². The van der Waals surface area contributed by atoms with E-state index in [9.17, 15) is 9.59 Å². The van der Waals surface area contributed by atoms with Crippen molar-refractivity contribution in [2.24, 2.45) is 0 Å². The van der Waals surface area contributed by atoms with Crippen molar-refractivity contribution in [1.82, 2.24) is 9.80 Å². The number of carbonyl (C=O) groups excluding carboxylic acids is 2. The molecule has 3 aromatic rings. The number of benzene rings is 3. The standard InChI is InChI=1S/C31H35Cl2N3O2/c1-23(37)36(27-11-7-4-8-12-27)28-16-19-35(20-17-28)18-15-26(25-13-14-29(32)30(33)21-25)22-34(2)31(38)24-9-5-3-6-10-24/h3-14,21,26,28H,15-20,22H2,1-2H3. The van der Waals surface area contributed by atoms with Gasteiger partial charge in [0.25, 0.3) is 5.91 Å². The lowest BCUT2D eigenvalue weighted by molar-refractivity contribution is -0.117. The van der Waals surface area contributed by atoms with Crippen LogP contribution in [0.4, 0.5) is 5.69 Å². The third-order valence-electron chi connectivity index (χ3n) is 7.37. The van der Waals surface area contributed by atoms with E-state index in [0.29, 0.717) is 22.2 Å². The molecule has 5 nitrogen and oxygen atoms in total. The molecule has 7 heteroatoms. The Morgan fingerprint density at radius 1 is 0.921 bits per heavy atom. The van der Waals surface area contributed by atoms with Gasteiger partial charge in [-0.15, -0.1) is 0 Å². The number of likely N-dealkylation sites (N-methyl/N-ethyl adjacent to an activating group) is 1. The Hall–Kier alpha value is -2.86. The monoisotopic (exact) mass is 551 g/mol. The minimum absolute atomic E-state index is 0.00158. The van der Waals surface area contributed by atoms with Gasteiger partial charge in [0, 0.05) is 56.8 Å². The van der Waals surface area contributed by atoms with Gasteiger partial charge in [-0.05, 0) is 67.8 Å². The molecule has 0 bridgehead atoms. The Morgan fingerprint density at radius 2 is 1.55 bits per heavy atom. The lowest BCUT2D eigenvalue weighted by Crippen LogP contribution is -2.47. The predicted octanol–water partition coefficient (Wildman–Crippen LogP) is 6.76. The fourth-order valence-corrected chi connectivity index (χ4v) is 5.63. The molecule has 0 radical (unpaired) electrons. The molecule has 2 amide bonds. The predicted molar refractivity (Wildman–Crippen MR) is 156 cm³/mol. The minimum atomic E-state index is 0.00158. The molecule has 1 atom stereocenters. The summed E-state index contributed by atoms with van der Waals surface area (Å²) in [7, 11) is 1.85. The summed E-state index contributed by atoms with van der Waals surface area (Å²) in [4.78, 5) is 31.7. The van der Waals surface area contributed by atoms with Gasteiger partial charge in [-0.25, -0.2) is 0 Å². The summed E-state index contributed by atoms with van der Waals surface area (Å²) in [5.74, 6) is 0.195. The van der Waals surface area contributed by atoms with Gasteiger partial charge in [-0.3, -0.25) is 9.59 Å². The number of carbonyl (C=O) groups is 2. The summed E-state index contributed by atoms with van der Waals surface area (Å²) in [6.45, 7) is 4.97. The van der Waals surface area contributed by atoms with Crippen LogP contribution in [-0.2, 0) is 4.79 Å². The van der Waals surface area contributed by atoms with Crippen molar-refractivity contribution in [2.45, 2.75) is 38.1 Å². The largest absolute Gasteiger partial charge is 0.341 e. The van der Waals surface area contributed by atoms with Crippen molar-refractivity contribution in [2.75, 3.05) is 38.1 Å². The van der Waals surface area contributed by atoms with Crippen LogP contribution in [0.1, 0.15) is 48.0 Å². The van der Waals surface area contributed by atoms with E-state index in [1.54, 1.807) is 11.8 Å². The third-order valence-corrected chi connectivity index (χ3v) is 8.11. The summed E-state index contributed by atoms with van der Waals surface area (Å²) in [6, 6.07) is 25.3. The number of nitrogens with zero attached hydrogens (tertiary/aromatic N) is 3. The number of amides is 2. The minimum Gasteiger partial charge on any atom is -0.341 e. The molecule has 38 heavy (non-hydrogen) atoms. The van der Waals surface area contributed by atoms with Crippen LogP contribution >= 0.6 is 23.2 Å². The quantitative estimate of drug-likeness (QED) is 0.295. The molecule has 0 aromatic heterocycles. The first-order valence-electron chi connectivity index (χ1n) is 13.2. The zero-order valence-corrected chi connectivity index (χ0v) is 23.5. The second-order valence-corrected chi connectivity index (χ2v) is 10.8. The van der Waals surface area contributed by atoms with E-state index in [0.717, 1.165) is 50.1 Å². The van der Waals surface area contributed by atoms with E-state index >= 15 is 0 Å². The number of hydrogen-bond donors (Lipinski definition) is 0. The van der Waals surface area contributed by atoms with Crippen LogP contribution < -0.4 is 4.90 Å². The molecule has 1 unspecified atom stereocenters. The molecule has 0 N–H and O–H groups in total. The number of anilines is 1. The van der Waals surface area contributed by atoms with Gasteiger partial charge in [0.05, 0.1) is 10.0 Å². The zero-order chi connectivity index (χ0) is 27.1. The number of para-hydroxylation sites is 1. The first-order valence-corrected chi connectivity index (χ1v) is 13.9. The van der Waals surface area contributed by atoms with E-state index in [-0.39, 0.29) is 23.8 Å².